The van der Waals surface area contributed by atoms with Crippen LogP contribution in [0.25, 0.3) is 11.3 Å². The fourth-order valence-corrected chi connectivity index (χ4v) is 4.56. The number of benzene rings is 2. The Morgan fingerprint density at radius 2 is 1.85 bits per heavy atom. The molecule has 0 radical (unpaired) electrons. The maximum absolute atomic E-state index is 12.9. The summed E-state index contributed by atoms with van der Waals surface area (Å²) in [5, 5.41) is 9.40. The summed E-state index contributed by atoms with van der Waals surface area (Å²) in [6.07, 6.45) is 2.77. The zero-order valence-electron chi connectivity index (χ0n) is 19.5. The van der Waals surface area contributed by atoms with Crippen molar-refractivity contribution in [3.8, 4) is 17.1 Å². The summed E-state index contributed by atoms with van der Waals surface area (Å²) >= 11 is 1.58. The Hall–Kier alpha value is -3.13. The molecule has 172 valence electrons. The average Bonchev–Trinajstić information content (AvgIpc) is 2.96. The summed E-state index contributed by atoms with van der Waals surface area (Å²) < 4.78 is 6.43. The highest BCUT2D eigenvalue weighted by Gasteiger charge is 2.34. The monoisotopic (exact) mass is 463 g/mol. The summed E-state index contributed by atoms with van der Waals surface area (Å²) in [6, 6.07) is 15.7. The molecule has 2 aromatic carbocycles. The number of carbonyl (C=O) groups is 1. The van der Waals surface area contributed by atoms with Gasteiger partial charge in [-0.1, -0.05) is 61.9 Å². The van der Waals surface area contributed by atoms with E-state index in [9.17, 15) is 4.79 Å². The Bertz CT molecular complexity index is 1120. The first kappa shape index (κ1) is 23.0. The lowest BCUT2D eigenvalue weighted by Crippen LogP contribution is -2.36. The first-order chi connectivity index (χ1) is 16.0. The minimum absolute atomic E-state index is 0.126. The van der Waals surface area contributed by atoms with Crippen LogP contribution >= 0.6 is 11.8 Å². The van der Waals surface area contributed by atoms with Gasteiger partial charge in [0.2, 0.25) is 23.2 Å². The number of fused-ring (bicyclic) bond motifs is 3. The number of rotatable bonds is 7. The largest absolute Gasteiger partial charge is 0.447 e. The minimum atomic E-state index is -0.671. The van der Waals surface area contributed by atoms with E-state index in [1.807, 2.05) is 67.5 Å². The van der Waals surface area contributed by atoms with Crippen LogP contribution in [0, 0.1) is 0 Å². The lowest BCUT2D eigenvalue weighted by atomic mass is 10.1. The normalized spacial score (nSPS) is 14.7. The zero-order valence-corrected chi connectivity index (χ0v) is 20.3. The maximum Gasteiger partial charge on any atom is 0.247 e. The van der Waals surface area contributed by atoms with Gasteiger partial charge in [-0.2, -0.15) is 4.98 Å². The van der Waals surface area contributed by atoms with Crippen LogP contribution in [0.5, 0.6) is 5.88 Å². The fraction of sp³-hybridized carbons (Fsp3) is 0.360. The van der Waals surface area contributed by atoms with E-state index in [1.165, 1.54) is 12.8 Å². The lowest BCUT2D eigenvalue weighted by molar-refractivity contribution is -0.118. The quantitative estimate of drug-likeness (QED) is 0.346. The fourth-order valence-electron chi connectivity index (χ4n) is 3.78. The van der Waals surface area contributed by atoms with Crippen molar-refractivity contribution in [1.82, 2.24) is 15.2 Å². The van der Waals surface area contributed by atoms with Crippen molar-refractivity contribution in [3.63, 3.8) is 0 Å². The van der Waals surface area contributed by atoms with Crippen LogP contribution in [0.3, 0.4) is 0 Å². The molecule has 0 N–H and O–H groups in total. The third-order valence-electron chi connectivity index (χ3n) is 5.52. The number of carbonyl (C=O) groups excluding carboxylic acids is 1. The molecule has 1 unspecified atom stereocenters. The lowest BCUT2D eigenvalue weighted by Gasteiger charge is -2.30. The highest BCUT2D eigenvalue weighted by Crippen LogP contribution is 2.43. The second kappa shape index (κ2) is 10.2. The molecular formula is C25H29N5O2S. The van der Waals surface area contributed by atoms with Crippen molar-refractivity contribution in [2.45, 2.75) is 44.5 Å². The van der Waals surface area contributed by atoms with Crippen LogP contribution in [0.2, 0.25) is 0 Å². The molecule has 33 heavy (non-hydrogen) atoms. The second-order valence-electron chi connectivity index (χ2n) is 8.17. The predicted octanol–water partition coefficient (Wildman–Crippen LogP) is 5.33. The molecule has 1 amide bonds. The van der Waals surface area contributed by atoms with Gasteiger partial charge in [-0.15, -0.1) is 10.2 Å². The molecular weight excluding hydrogens is 434 g/mol. The topological polar surface area (TPSA) is 71.5 Å². The van der Waals surface area contributed by atoms with Gasteiger partial charge in [-0.25, -0.2) is 0 Å². The number of hydrogen-bond donors (Lipinski definition) is 0. The van der Waals surface area contributed by atoms with Crippen LogP contribution in [0.4, 0.5) is 11.4 Å². The van der Waals surface area contributed by atoms with Crippen molar-refractivity contribution in [2.24, 2.45) is 0 Å². The van der Waals surface area contributed by atoms with Gasteiger partial charge in [0.15, 0.2) is 5.69 Å². The van der Waals surface area contributed by atoms with Crippen LogP contribution in [0.15, 0.2) is 53.7 Å². The maximum atomic E-state index is 12.9. The number of unbranched alkanes of at least 4 members (excludes halogenated alkanes) is 2. The third kappa shape index (κ3) is 4.95. The number of amides is 1. The molecule has 3 aromatic rings. The van der Waals surface area contributed by atoms with Gasteiger partial charge in [0, 0.05) is 43.6 Å². The van der Waals surface area contributed by atoms with Gasteiger partial charge >= 0.3 is 0 Å². The third-order valence-corrected chi connectivity index (χ3v) is 6.45. The standard InChI is InChI=1S/C25H29N5O2S/c1-5-6-9-16-33-25-26-23-22(27-28-25)20-10-7-8-11-21(20)30(17(2)31)24(32-23)18-12-14-19(15-13-18)29(3)4/h7-8,10-15,24H,5-6,9,16H2,1-4H3. The number of para-hydroxylation sites is 1. The average molecular weight is 464 g/mol. The van der Waals surface area contributed by atoms with Gasteiger partial charge in [-0.05, 0) is 24.6 Å². The molecule has 7 nitrogen and oxygen atoms in total. The Labute approximate surface area is 199 Å². The summed E-state index contributed by atoms with van der Waals surface area (Å²) in [5.74, 6) is 1.19. The van der Waals surface area contributed by atoms with Crippen LogP contribution in [-0.4, -0.2) is 40.9 Å². The Morgan fingerprint density at radius 3 is 2.55 bits per heavy atom. The number of ether oxygens (including phenoxy) is 1. The van der Waals surface area contributed by atoms with E-state index in [-0.39, 0.29) is 5.91 Å². The molecule has 0 fully saturated rings. The molecule has 0 bridgehead atoms. The van der Waals surface area contributed by atoms with E-state index in [0.717, 1.165) is 34.7 Å². The van der Waals surface area contributed by atoms with Gasteiger partial charge in [0.1, 0.15) is 0 Å². The molecule has 1 aliphatic rings. The van der Waals surface area contributed by atoms with Gasteiger partial charge < -0.3 is 9.64 Å². The van der Waals surface area contributed by atoms with Crippen LogP contribution < -0.4 is 14.5 Å². The summed E-state index contributed by atoms with van der Waals surface area (Å²) in [7, 11) is 3.99. The van der Waals surface area contributed by atoms with E-state index in [0.29, 0.717) is 16.7 Å². The van der Waals surface area contributed by atoms with Gasteiger partial charge in [0.05, 0.1) is 5.69 Å². The van der Waals surface area contributed by atoms with Gasteiger partial charge in [-0.3, -0.25) is 9.69 Å². The summed E-state index contributed by atoms with van der Waals surface area (Å²) in [6.45, 7) is 3.73. The molecule has 1 atom stereocenters. The van der Waals surface area contributed by atoms with Crippen molar-refractivity contribution < 1.29 is 9.53 Å². The molecule has 4 rings (SSSR count). The molecule has 0 saturated carbocycles. The SMILES string of the molecule is CCCCCSc1nnc2c(n1)OC(c1ccc(N(C)C)cc1)N(C(C)=O)c1ccccc1-2. The minimum Gasteiger partial charge on any atom is -0.447 e. The second-order valence-corrected chi connectivity index (χ2v) is 9.23. The van der Waals surface area contributed by atoms with Crippen LogP contribution in [0.1, 0.15) is 44.9 Å². The number of hydrogen-bond acceptors (Lipinski definition) is 7. The van der Waals surface area contributed by atoms with Crippen molar-refractivity contribution in [1.29, 1.82) is 0 Å². The highest BCUT2D eigenvalue weighted by molar-refractivity contribution is 7.99. The number of aromatic nitrogens is 3. The molecule has 1 aliphatic heterocycles. The van der Waals surface area contributed by atoms with Gasteiger partial charge in [0.25, 0.3) is 0 Å². The Morgan fingerprint density at radius 1 is 1.09 bits per heavy atom. The molecule has 2 heterocycles. The number of thioether (sulfide) groups is 1. The Balaban J connectivity index is 1.78. The van der Waals surface area contributed by atoms with Crippen molar-refractivity contribution >= 4 is 29.0 Å². The van der Waals surface area contributed by atoms with Crippen molar-refractivity contribution in [2.75, 3.05) is 29.6 Å². The van der Waals surface area contributed by atoms with E-state index in [4.69, 9.17) is 9.72 Å². The molecule has 8 heteroatoms. The first-order valence-electron chi connectivity index (χ1n) is 11.2. The van der Waals surface area contributed by atoms with E-state index >= 15 is 0 Å². The predicted molar refractivity (Wildman–Crippen MR) is 133 cm³/mol. The zero-order chi connectivity index (χ0) is 23.4. The summed E-state index contributed by atoms with van der Waals surface area (Å²) in [4.78, 5) is 21.3. The van der Waals surface area contributed by atoms with E-state index < -0.39 is 6.23 Å². The van der Waals surface area contributed by atoms with E-state index in [2.05, 4.69) is 17.1 Å². The smallest absolute Gasteiger partial charge is 0.247 e. The van der Waals surface area contributed by atoms with Crippen molar-refractivity contribution in [3.05, 3.63) is 54.1 Å². The molecule has 0 spiro atoms. The van der Waals surface area contributed by atoms with E-state index in [1.54, 1.807) is 23.6 Å². The number of nitrogens with zero attached hydrogens (tertiary/aromatic N) is 5. The number of anilines is 2. The molecule has 0 aliphatic carbocycles. The summed E-state index contributed by atoms with van der Waals surface area (Å²) in [5.41, 5.74) is 3.97. The highest BCUT2D eigenvalue weighted by atomic mass is 32.2. The Kier molecular flexibility index (Phi) is 7.13. The van der Waals surface area contributed by atoms with Crippen LogP contribution in [-0.2, 0) is 4.79 Å². The molecule has 0 saturated heterocycles. The first-order valence-corrected chi connectivity index (χ1v) is 12.2. The molecule has 1 aromatic heterocycles.